The minimum Gasteiger partial charge on any atom is -0.464 e. The maximum Gasteiger partial charge on any atom is 0.332 e. The molecule has 0 atom stereocenters. The Morgan fingerprint density at radius 2 is 1.88 bits per heavy atom. The monoisotopic (exact) mass is 255 g/mol. The molecule has 0 aliphatic heterocycles. The van der Waals surface area contributed by atoms with Crippen LogP contribution < -0.4 is 5.32 Å². The van der Waals surface area contributed by atoms with E-state index in [2.05, 4.69) is 14.8 Å². The third-order valence-electron chi connectivity index (χ3n) is 1.62. The average molecular weight is 255 g/mol. The Kier molecular flexibility index (Phi) is 11.1. The highest BCUT2D eigenvalue weighted by molar-refractivity contribution is 5.70. The van der Waals surface area contributed by atoms with Gasteiger partial charge in [0.25, 0.3) is 6.43 Å². The van der Waals surface area contributed by atoms with Gasteiger partial charge in [-0.2, -0.15) is 0 Å². The van der Waals surface area contributed by atoms with Crippen LogP contribution in [0.25, 0.3) is 0 Å². The molecule has 1 N–H and O–H groups in total. The molecule has 0 bridgehead atoms. The van der Waals surface area contributed by atoms with Crippen molar-refractivity contribution in [2.45, 2.75) is 13.3 Å². The zero-order valence-corrected chi connectivity index (χ0v) is 9.92. The van der Waals surface area contributed by atoms with Crippen molar-refractivity contribution < 1.29 is 27.8 Å². The van der Waals surface area contributed by atoms with E-state index in [1.54, 1.807) is 6.92 Å². The van der Waals surface area contributed by atoms with Crippen LogP contribution in [-0.4, -0.2) is 58.5 Å². The first-order chi connectivity index (χ1) is 8.16. The summed E-state index contributed by atoms with van der Waals surface area (Å²) in [6, 6.07) is 0. The molecule has 102 valence electrons. The molecule has 0 radical (unpaired) electrons. The summed E-state index contributed by atoms with van der Waals surface area (Å²) in [7, 11) is 0. The Bertz CT molecular complexity index is 193. The predicted molar refractivity (Wildman–Crippen MR) is 57.1 cm³/mol. The normalized spacial score (nSPS) is 10.8. The molecule has 0 unspecified atom stereocenters. The first kappa shape index (κ1) is 16.2. The van der Waals surface area contributed by atoms with Gasteiger partial charge in [-0.25, -0.2) is 13.6 Å². The minimum absolute atomic E-state index is 0.0720. The van der Waals surface area contributed by atoms with Gasteiger partial charge >= 0.3 is 5.97 Å². The van der Waals surface area contributed by atoms with Crippen LogP contribution in [0, 0.1) is 0 Å². The first-order valence-electron chi connectivity index (χ1n) is 5.46. The minimum atomic E-state index is -2.43. The van der Waals surface area contributed by atoms with Crippen molar-refractivity contribution in [2.75, 3.05) is 46.1 Å². The van der Waals surface area contributed by atoms with Gasteiger partial charge in [-0.05, 0) is 6.92 Å². The average Bonchev–Trinajstić information content (AvgIpc) is 2.27. The number of carbonyl (C=O) groups is 1. The maximum atomic E-state index is 11.6. The zero-order chi connectivity index (χ0) is 12.9. The van der Waals surface area contributed by atoms with Gasteiger partial charge in [-0.3, -0.25) is 0 Å². The SMILES string of the molecule is CCOC(=O)COCCNCCOCC(F)F. The summed E-state index contributed by atoms with van der Waals surface area (Å²) >= 11 is 0. The fourth-order valence-corrected chi connectivity index (χ4v) is 0.944. The molecule has 0 amide bonds. The highest BCUT2D eigenvalue weighted by atomic mass is 19.3. The van der Waals surface area contributed by atoms with Crippen molar-refractivity contribution in [3.05, 3.63) is 0 Å². The third kappa shape index (κ3) is 13.1. The Balaban J connectivity index is 3.06. The molecule has 0 aromatic heterocycles. The molecule has 0 aromatic rings. The van der Waals surface area contributed by atoms with Gasteiger partial charge < -0.3 is 19.5 Å². The van der Waals surface area contributed by atoms with Crippen molar-refractivity contribution in [3.8, 4) is 0 Å². The summed E-state index contributed by atoms with van der Waals surface area (Å²) in [5, 5.41) is 2.92. The molecule has 5 nitrogen and oxygen atoms in total. The summed E-state index contributed by atoms with van der Waals surface area (Å²) in [4.78, 5) is 10.8. The van der Waals surface area contributed by atoms with E-state index < -0.39 is 19.0 Å². The van der Waals surface area contributed by atoms with E-state index in [-0.39, 0.29) is 13.2 Å². The second kappa shape index (κ2) is 11.7. The van der Waals surface area contributed by atoms with Crippen LogP contribution in [0.15, 0.2) is 0 Å². The lowest BCUT2D eigenvalue weighted by Gasteiger charge is -2.06. The second-order valence-electron chi connectivity index (χ2n) is 3.07. The standard InChI is InChI=1S/C10H19F2NO4/c1-2-17-10(14)8-16-6-4-13-3-5-15-7-9(11)12/h9,13H,2-8H2,1H3. The van der Waals surface area contributed by atoms with Gasteiger partial charge in [0, 0.05) is 13.1 Å². The molecule has 0 saturated carbocycles. The Morgan fingerprint density at radius 3 is 2.47 bits per heavy atom. The van der Waals surface area contributed by atoms with E-state index in [1.807, 2.05) is 0 Å². The second-order valence-corrected chi connectivity index (χ2v) is 3.07. The van der Waals surface area contributed by atoms with Crippen molar-refractivity contribution in [3.63, 3.8) is 0 Å². The molecule has 0 fully saturated rings. The lowest BCUT2D eigenvalue weighted by molar-refractivity contribution is -0.148. The number of rotatable bonds is 11. The highest BCUT2D eigenvalue weighted by Gasteiger charge is 2.01. The van der Waals surface area contributed by atoms with Crippen LogP contribution in [0.3, 0.4) is 0 Å². The molecule has 0 aliphatic carbocycles. The number of esters is 1. The fraction of sp³-hybridized carbons (Fsp3) is 0.900. The van der Waals surface area contributed by atoms with E-state index >= 15 is 0 Å². The molecule has 17 heavy (non-hydrogen) atoms. The lowest BCUT2D eigenvalue weighted by atomic mass is 10.6. The Labute approximate surface area is 99.4 Å². The molecule has 7 heteroatoms. The molecule has 0 aromatic carbocycles. The van der Waals surface area contributed by atoms with E-state index in [9.17, 15) is 13.6 Å². The van der Waals surface area contributed by atoms with Crippen molar-refractivity contribution in [1.82, 2.24) is 5.32 Å². The molecule has 0 aliphatic rings. The summed E-state index contributed by atoms with van der Waals surface area (Å²) in [5.74, 6) is -0.396. The summed E-state index contributed by atoms with van der Waals surface area (Å²) in [6.07, 6.45) is -2.43. The van der Waals surface area contributed by atoms with Crippen molar-refractivity contribution >= 4 is 5.97 Å². The molecule has 0 heterocycles. The van der Waals surface area contributed by atoms with Gasteiger partial charge in [0.1, 0.15) is 13.2 Å². The fourth-order valence-electron chi connectivity index (χ4n) is 0.944. The predicted octanol–water partition coefficient (Wildman–Crippen LogP) is 0.437. The van der Waals surface area contributed by atoms with Crippen LogP contribution in [0.2, 0.25) is 0 Å². The number of hydrogen-bond donors (Lipinski definition) is 1. The largest absolute Gasteiger partial charge is 0.464 e. The Morgan fingerprint density at radius 1 is 1.24 bits per heavy atom. The van der Waals surface area contributed by atoms with Crippen molar-refractivity contribution in [1.29, 1.82) is 0 Å². The summed E-state index contributed by atoms with van der Waals surface area (Å²) in [6.45, 7) is 3.02. The zero-order valence-electron chi connectivity index (χ0n) is 9.92. The highest BCUT2D eigenvalue weighted by Crippen LogP contribution is 1.91. The maximum absolute atomic E-state index is 11.6. The van der Waals surface area contributed by atoms with Crippen molar-refractivity contribution in [2.24, 2.45) is 0 Å². The van der Waals surface area contributed by atoms with E-state index in [0.29, 0.717) is 26.3 Å². The van der Waals surface area contributed by atoms with Crippen LogP contribution in [0.5, 0.6) is 0 Å². The molecular weight excluding hydrogens is 236 g/mol. The molecule has 0 rings (SSSR count). The number of alkyl halides is 2. The van der Waals surface area contributed by atoms with Gasteiger partial charge in [-0.15, -0.1) is 0 Å². The Hall–Kier alpha value is -0.790. The van der Waals surface area contributed by atoms with Crippen LogP contribution in [0.4, 0.5) is 8.78 Å². The summed E-state index contributed by atoms with van der Waals surface area (Å²) in [5.41, 5.74) is 0. The number of halogens is 2. The van der Waals surface area contributed by atoms with Gasteiger partial charge in [0.05, 0.1) is 19.8 Å². The third-order valence-corrected chi connectivity index (χ3v) is 1.62. The number of hydrogen-bond acceptors (Lipinski definition) is 5. The topological polar surface area (TPSA) is 56.8 Å². The van der Waals surface area contributed by atoms with E-state index in [0.717, 1.165) is 0 Å². The van der Waals surface area contributed by atoms with Gasteiger partial charge in [0.15, 0.2) is 0 Å². The molecule has 0 saturated heterocycles. The lowest BCUT2D eigenvalue weighted by Crippen LogP contribution is -2.26. The number of nitrogens with one attached hydrogen (secondary N) is 1. The summed E-state index contributed by atoms with van der Waals surface area (Å²) < 4.78 is 37.6. The molecule has 0 spiro atoms. The van der Waals surface area contributed by atoms with Crippen LogP contribution >= 0.6 is 0 Å². The van der Waals surface area contributed by atoms with E-state index in [4.69, 9.17) is 4.74 Å². The molecular formula is C10H19F2NO4. The number of carbonyl (C=O) groups excluding carboxylic acids is 1. The van der Waals surface area contributed by atoms with Gasteiger partial charge in [0.2, 0.25) is 0 Å². The van der Waals surface area contributed by atoms with Crippen LogP contribution in [-0.2, 0) is 19.0 Å². The van der Waals surface area contributed by atoms with E-state index in [1.165, 1.54) is 0 Å². The van der Waals surface area contributed by atoms with Crippen LogP contribution in [0.1, 0.15) is 6.92 Å². The first-order valence-corrected chi connectivity index (χ1v) is 5.46. The number of ether oxygens (including phenoxy) is 3. The quantitative estimate of drug-likeness (QED) is 0.429. The smallest absolute Gasteiger partial charge is 0.332 e. The van der Waals surface area contributed by atoms with Gasteiger partial charge in [-0.1, -0.05) is 0 Å².